The minimum absolute atomic E-state index is 0.115. The Morgan fingerprint density at radius 1 is 0.833 bits per heavy atom. The van der Waals surface area contributed by atoms with Gasteiger partial charge in [0, 0.05) is 11.1 Å². The molecule has 2 rings (SSSR count). The van der Waals surface area contributed by atoms with Crippen molar-refractivity contribution < 1.29 is 5.11 Å². The Hall–Kier alpha value is -2.02. The first kappa shape index (κ1) is 18.3. The van der Waals surface area contributed by atoms with Crippen LogP contribution >= 0.6 is 0 Å². The average Bonchev–Trinajstić information content (AvgIpc) is 2.46. The van der Waals surface area contributed by atoms with Crippen LogP contribution in [-0.4, -0.2) is 5.11 Å². The summed E-state index contributed by atoms with van der Waals surface area (Å²) in [4.78, 5) is 0. The van der Waals surface area contributed by atoms with Gasteiger partial charge in [-0.1, -0.05) is 78.0 Å². The number of benzene rings is 2. The molecule has 0 heterocycles. The molecule has 0 atom stereocenters. The van der Waals surface area contributed by atoms with Gasteiger partial charge in [0.05, 0.1) is 0 Å². The van der Waals surface area contributed by atoms with Crippen LogP contribution in [0.5, 0.6) is 5.75 Å². The summed E-state index contributed by atoms with van der Waals surface area (Å²) < 4.78 is 0. The van der Waals surface area contributed by atoms with Crippen molar-refractivity contribution in [3.63, 3.8) is 0 Å². The van der Waals surface area contributed by atoms with Gasteiger partial charge in [-0.25, -0.2) is 0 Å². The number of allylic oxidation sites excluding steroid dienone is 1. The number of hydrogen-bond acceptors (Lipinski definition) is 1. The van der Waals surface area contributed by atoms with Crippen molar-refractivity contribution in [1.82, 2.24) is 0 Å². The third-order valence-electron chi connectivity index (χ3n) is 4.34. The van der Waals surface area contributed by atoms with E-state index in [2.05, 4.69) is 90.1 Å². The highest BCUT2D eigenvalue weighted by Crippen LogP contribution is 2.42. The van der Waals surface area contributed by atoms with E-state index in [9.17, 15) is 5.11 Å². The Morgan fingerprint density at radius 3 is 1.79 bits per heavy atom. The minimum Gasteiger partial charge on any atom is -0.507 e. The van der Waals surface area contributed by atoms with Gasteiger partial charge in [0.2, 0.25) is 0 Å². The van der Waals surface area contributed by atoms with Gasteiger partial charge < -0.3 is 5.11 Å². The summed E-state index contributed by atoms with van der Waals surface area (Å²) in [5.41, 5.74) is 5.33. The molecule has 0 aliphatic rings. The summed E-state index contributed by atoms with van der Waals surface area (Å²) in [6, 6.07) is 12.7. The van der Waals surface area contributed by atoms with Crippen molar-refractivity contribution in [1.29, 1.82) is 0 Å². The molecule has 1 heteroatoms. The fourth-order valence-corrected chi connectivity index (χ4v) is 3.02. The van der Waals surface area contributed by atoms with Crippen LogP contribution in [0.2, 0.25) is 0 Å². The minimum atomic E-state index is -0.115. The molecule has 0 aliphatic carbocycles. The second kappa shape index (κ2) is 6.47. The van der Waals surface area contributed by atoms with E-state index in [0.717, 1.165) is 16.7 Å². The lowest BCUT2D eigenvalue weighted by Gasteiger charge is -2.28. The van der Waals surface area contributed by atoms with Gasteiger partial charge in [-0.05, 0) is 46.6 Å². The van der Waals surface area contributed by atoms with Gasteiger partial charge in [0.15, 0.2) is 0 Å². The molecule has 0 radical (unpaired) electrons. The highest BCUT2D eigenvalue weighted by molar-refractivity contribution is 5.77. The third kappa shape index (κ3) is 3.72. The van der Waals surface area contributed by atoms with Gasteiger partial charge in [0.25, 0.3) is 0 Å². The molecule has 0 bridgehead atoms. The quantitative estimate of drug-likeness (QED) is 0.653. The number of phenols is 1. The van der Waals surface area contributed by atoms with Gasteiger partial charge in [-0.15, -0.1) is 0 Å². The van der Waals surface area contributed by atoms with Crippen LogP contribution in [0, 0.1) is 0 Å². The molecule has 0 unspecified atom stereocenters. The van der Waals surface area contributed by atoms with Crippen LogP contribution in [-0.2, 0) is 10.8 Å². The van der Waals surface area contributed by atoms with E-state index < -0.39 is 0 Å². The van der Waals surface area contributed by atoms with Crippen molar-refractivity contribution in [3.05, 3.63) is 59.2 Å². The van der Waals surface area contributed by atoms with Gasteiger partial charge in [-0.2, -0.15) is 0 Å². The molecule has 0 fully saturated rings. The summed E-state index contributed by atoms with van der Waals surface area (Å²) in [5, 5.41) is 10.9. The van der Waals surface area contributed by atoms with Gasteiger partial charge >= 0.3 is 0 Å². The lowest BCUT2D eigenvalue weighted by atomic mass is 9.77. The van der Waals surface area contributed by atoms with Crippen molar-refractivity contribution in [3.8, 4) is 16.9 Å². The Kier molecular flexibility index (Phi) is 4.94. The van der Waals surface area contributed by atoms with E-state index in [1.165, 1.54) is 11.1 Å². The van der Waals surface area contributed by atoms with Crippen LogP contribution in [0.1, 0.15) is 65.2 Å². The Bertz CT molecular complexity index is 717. The molecule has 24 heavy (non-hydrogen) atoms. The topological polar surface area (TPSA) is 20.2 Å². The van der Waals surface area contributed by atoms with Gasteiger partial charge in [0.1, 0.15) is 5.75 Å². The number of aromatic hydroxyl groups is 1. The van der Waals surface area contributed by atoms with Crippen molar-refractivity contribution >= 4 is 6.08 Å². The first-order chi connectivity index (χ1) is 11.1. The zero-order valence-electron chi connectivity index (χ0n) is 16.1. The highest BCUT2D eigenvalue weighted by Gasteiger charge is 2.27. The molecule has 1 nitrogen and oxygen atoms in total. The van der Waals surface area contributed by atoms with Crippen LogP contribution in [0.25, 0.3) is 17.2 Å². The molecule has 0 amide bonds. The molecular formula is C23H30O. The molecule has 128 valence electrons. The van der Waals surface area contributed by atoms with Crippen molar-refractivity contribution in [2.45, 2.75) is 59.3 Å². The number of phenolic OH excluding ortho intramolecular Hbond substituents is 1. The van der Waals surface area contributed by atoms with Crippen LogP contribution < -0.4 is 0 Å². The first-order valence-electron chi connectivity index (χ1n) is 8.66. The van der Waals surface area contributed by atoms with E-state index in [4.69, 9.17) is 0 Å². The molecule has 0 saturated carbocycles. The van der Waals surface area contributed by atoms with E-state index in [1.54, 1.807) is 0 Å². The summed E-state index contributed by atoms with van der Waals surface area (Å²) in [6.45, 7) is 14.9. The molecule has 2 aromatic rings. The zero-order valence-corrected chi connectivity index (χ0v) is 16.1. The molecule has 0 aromatic heterocycles. The predicted octanol–water partition coefficient (Wildman–Crippen LogP) is 6.69. The zero-order chi connectivity index (χ0) is 18.1. The summed E-state index contributed by atoms with van der Waals surface area (Å²) in [5.74, 6) is 0.433. The molecule has 0 saturated heterocycles. The predicted molar refractivity (Wildman–Crippen MR) is 106 cm³/mol. The Labute approximate surface area is 147 Å². The van der Waals surface area contributed by atoms with Crippen LogP contribution in [0.4, 0.5) is 0 Å². The van der Waals surface area contributed by atoms with Crippen LogP contribution in [0.3, 0.4) is 0 Å². The van der Waals surface area contributed by atoms with Crippen molar-refractivity contribution in [2.75, 3.05) is 0 Å². The Morgan fingerprint density at radius 2 is 1.33 bits per heavy atom. The highest BCUT2D eigenvalue weighted by atomic mass is 16.3. The summed E-state index contributed by atoms with van der Waals surface area (Å²) in [7, 11) is 0. The summed E-state index contributed by atoms with van der Waals surface area (Å²) >= 11 is 0. The van der Waals surface area contributed by atoms with E-state index >= 15 is 0 Å². The standard InChI is InChI=1S/C23H30O/c1-8-11-16-12-9-10-13-18(16)17-14-19(22(2,3)4)21(24)20(15-17)23(5,6)7/h8-15,24H,1-7H3/b11-8+. The smallest absolute Gasteiger partial charge is 0.123 e. The fourth-order valence-electron chi connectivity index (χ4n) is 3.02. The first-order valence-corrected chi connectivity index (χ1v) is 8.66. The van der Waals surface area contributed by atoms with Gasteiger partial charge in [-0.3, -0.25) is 0 Å². The molecule has 1 N–H and O–H groups in total. The average molecular weight is 322 g/mol. The maximum Gasteiger partial charge on any atom is 0.123 e. The molecule has 0 aliphatic heterocycles. The number of rotatable bonds is 2. The van der Waals surface area contributed by atoms with E-state index in [-0.39, 0.29) is 10.8 Å². The lowest BCUT2D eigenvalue weighted by Crippen LogP contribution is -2.17. The lowest BCUT2D eigenvalue weighted by molar-refractivity contribution is 0.423. The monoisotopic (exact) mass is 322 g/mol. The normalized spacial score (nSPS) is 12.8. The summed E-state index contributed by atoms with van der Waals surface area (Å²) in [6.07, 6.45) is 4.20. The second-order valence-electron chi connectivity index (χ2n) is 8.51. The maximum atomic E-state index is 10.9. The largest absolute Gasteiger partial charge is 0.507 e. The number of hydrogen-bond donors (Lipinski definition) is 1. The third-order valence-corrected chi connectivity index (χ3v) is 4.34. The molecule has 2 aromatic carbocycles. The Balaban J connectivity index is 2.82. The van der Waals surface area contributed by atoms with Crippen molar-refractivity contribution in [2.24, 2.45) is 0 Å². The second-order valence-corrected chi connectivity index (χ2v) is 8.51. The fraction of sp³-hybridized carbons (Fsp3) is 0.391. The molecular weight excluding hydrogens is 292 g/mol. The van der Waals surface area contributed by atoms with E-state index in [1.807, 2.05) is 6.92 Å². The maximum absolute atomic E-state index is 10.9. The SMILES string of the molecule is C/C=C/c1ccccc1-c1cc(C(C)(C)C)c(O)c(C(C)(C)C)c1. The molecule has 0 spiro atoms. The van der Waals surface area contributed by atoms with Crippen LogP contribution in [0.15, 0.2) is 42.5 Å². The van der Waals surface area contributed by atoms with E-state index in [0.29, 0.717) is 5.75 Å².